The van der Waals surface area contributed by atoms with E-state index in [1.807, 2.05) is 6.92 Å². The average Bonchev–Trinajstić information content (AvgIpc) is 2.97. The lowest BCUT2D eigenvalue weighted by molar-refractivity contribution is -0.310. The van der Waals surface area contributed by atoms with Crippen LogP contribution in [0.1, 0.15) is 50.2 Å². The molecule has 2 aromatic rings. The van der Waals surface area contributed by atoms with E-state index in [0.717, 1.165) is 0 Å². The summed E-state index contributed by atoms with van der Waals surface area (Å²) in [5.74, 6) is -1.05. The minimum absolute atomic E-state index is 0. The van der Waals surface area contributed by atoms with Gasteiger partial charge in [-0.2, -0.15) is 4.98 Å². The Hall–Kier alpha value is -2.99. The van der Waals surface area contributed by atoms with Crippen molar-refractivity contribution >= 4 is 35.7 Å². The number of carbonyl (C=O) groups excluding carboxylic acids is 2. The summed E-state index contributed by atoms with van der Waals surface area (Å²) in [6, 6.07) is 7.07. The summed E-state index contributed by atoms with van der Waals surface area (Å²) < 4.78 is 19.3. The fourth-order valence-corrected chi connectivity index (χ4v) is 5.29. The molecule has 1 aromatic carbocycles. The molecular weight excluding hydrogens is 612 g/mol. The van der Waals surface area contributed by atoms with Crippen molar-refractivity contribution < 1.29 is 39.1 Å². The zero-order valence-electron chi connectivity index (χ0n) is 25.8. The second kappa shape index (κ2) is 15.1. The third-order valence-electron chi connectivity index (χ3n) is 7.94. The third-order valence-corrected chi connectivity index (χ3v) is 7.94. The molecule has 15 nitrogen and oxygen atoms in total. The van der Waals surface area contributed by atoms with E-state index in [4.69, 9.17) is 19.9 Å². The standard InChI is InChI=1S/C29H42N6O9.ClH/c1-15-19(44-26-24(38)23(37)22(34(4)5)16(2)43-26)10-11-21(42-15)35-13-12-20(33-28(35)41)32-25(39)17-6-8-18(9-7-17)31-27(40)29(3,30)14-36;/h6-9,12-13,15-16,19,21-24,26,36-38H,10-11,14,30H2,1-5H3,(H,31,40)(H,32,33,39,41);1H/t15-,16-,19+,21-,22-,23+,24-,26-,29+;/m1./s1. The Balaban J connectivity index is 0.00000552. The molecule has 2 fully saturated rings. The molecule has 0 bridgehead atoms. The van der Waals surface area contributed by atoms with Gasteiger partial charge in [-0.3, -0.25) is 14.2 Å². The second-order valence-electron chi connectivity index (χ2n) is 11.8. The van der Waals surface area contributed by atoms with Gasteiger partial charge in [-0.15, -0.1) is 12.4 Å². The molecule has 2 saturated heterocycles. The van der Waals surface area contributed by atoms with Crippen LogP contribution < -0.4 is 22.1 Å². The number of hydrogen-bond donors (Lipinski definition) is 6. The number of halogens is 1. The fourth-order valence-electron chi connectivity index (χ4n) is 5.29. The molecule has 9 atom stereocenters. The van der Waals surface area contributed by atoms with Crippen LogP contribution in [0, 0.1) is 0 Å². The zero-order chi connectivity index (χ0) is 32.3. The van der Waals surface area contributed by atoms with Crippen LogP contribution in [0.3, 0.4) is 0 Å². The van der Waals surface area contributed by atoms with E-state index in [1.165, 1.54) is 48.0 Å². The van der Waals surface area contributed by atoms with Gasteiger partial charge in [0.25, 0.3) is 5.91 Å². The van der Waals surface area contributed by atoms with Gasteiger partial charge in [-0.1, -0.05) is 0 Å². The molecule has 0 unspecified atom stereocenters. The lowest BCUT2D eigenvalue weighted by atomic mass is 9.96. The molecule has 0 spiro atoms. The SMILES string of the molecule is C[C@H]1O[C@H](O[C@H]2CC[C@H](n3ccc(NC(=O)c4ccc(NC(=O)[C@@](C)(N)CO)cc4)nc3=O)O[C@@H]2C)[C@H](O)[C@@H](O)[C@@H]1N(C)C.Cl. The number of aliphatic hydroxyl groups excluding tert-OH is 3. The molecule has 0 aliphatic carbocycles. The Morgan fingerprint density at radius 1 is 1.09 bits per heavy atom. The van der Waals surface area contributed by atoms with E-state index in [1.54, 1.807) is 25.9 Å². The van der Waals surface area contributed by atoms with Gasteiger partial charge < -0.3 is 50.8 Å². The van der Waals surface area contributed by atoms with Gasteiger partial charge in [0.15, 0.2) is 6.29 Å². The lowest BCUT2D eigenvalue weighted by Crippen LogP contribution is -2.62. The molecule has 2 amide bonds. The van der Waals surface area contributed by atoms with Crippen molar-refractivity contribution in [2.45, 2.75) is 88.2 Å². The first kappa shape index (κ1) is 36.5. The van der Waals surface area contributed by atoms with Gasteiger partial charge in [-0.25, -0.2) is 4.79 Å². The number of ether oxygens (including phenoxy) is 3. The van der Waals surface area contributed by atoms with Crippen molar-refractivity contribution in [1.29, 1.82) is 0 Å². The molecule has 4 rings (SSSR count). The maximum atomic E-state index is 12.9. The highest BCUT2D eigenvalue weighted by atomic mass is 35.5. The number of nitrogens with zero attached hydrogens (tertiary/aromatic N) is 3. The van der Waals surface area contributed by atoms with Gasteiger partial charge in [0.05, 0.1) is 31.0 Å². The molecule has 3 heterocycles. The molecule has 2 aliphatic heterocycles. The molecule has 7 N–H and O–H groups in total. The zero-order valence-corrected chi connectivity index (χ0v) is 26.6. The lowest BCUT2D eigenvalue weighted by Gasteiger charge is -2.46. The summed E-state index contributed by atoms with van der Waals surface area (Å²) in [6.07, 6.45) is -2.85. The third kappa shape index (κ3) is 8.44. The van der Waals surface area contributed by atoms with Crippen molar-refractivity contribution in [3.8, 4) is 0 Å². The first-order valence-electron chi connectivity index (χ1n) is 14.4. The number of anilines is 2. The van der Waals surface area contributed by atoms with Crippen LogP contribution in [0.5, 0.6) is 0 Å². The number of benzene rings is 1. The minimum atomic E-state index is -1.45. The van der Waals surface area contributed by atoms with E-state index in [2.05, 4.69) is 15.6 Å². The van der Waals surface area contributed by atoms with Crippen LogP contribution in [0.2, 0.25) is 0 Å². The maximum absolute atomic E-state index is 12.9. The molecular formula is C29H43ClN6O9. The predicted octanol–water partition coefficient (Wildman–Crippen LogP) is 0.0451. The molecule has 1 aromatic heterocycles. The van der Waals surface area contributed by atoms with Crippen LogP contribution in [-0.4, -0.2) is 111 Å². The summed E-state index contributed by atoms with van der Waals surface area (Å²) in [4.78, 5) is 43.5. The predicted molar refractivity (Wildman–Crippen MR) is 166 cm³/mol. The van der Waals surface area contributed by atoms with E-state index in [0.29, 0.717) is 18.5 Å². The molecule has 0 saturated carbocycles. The summed E-state index contributed by atoms with van der Waals surface area (Å²) in [6.45, 7) is 4.47. The van der Waals surface area contributed by atoms with Gasteiger partial charge in [0, 0.05) is 17.4 Å². The number of likely N-dealkylation sites (N-methyl/N-ethyl adjacent to an activating group) is 1. The number of nitrogens with one attached hydrogen (secondary N) is 2. The van der Waals surface area contributed by atoms with Crippen LogP contribution in [0.15, 0.2) is 41.3 Å². The smallest absolute Gasteiger partial charge is 0.351 e. The molecule has 16 heteroatoms. The van der Waals surface area contributed by atoms with Crippen molar-refractivity contribution in [3.63, 3.8) is 0 Å². The molecule has 45 heavy (non-hydrogen) atoms. The Morgan fingerprint density at radius 3 is 2.33 bits per heavy atom. The van der Waals surface area contributed by atoms with Gasteiger partial charge in [0.2, 0.25) is 5.91 Å². The van der Waals surface area contributed by atoms with Crippen LogP contribution in [0.4, 0.5) is 11.5 Å². The highest BCUT2D eigenvalue weighted by molar-refractivity contribution is 6.04. The summed E-state index contributed by atoms with van der Waals surface area (Å²) in [5.41, 5.74) is 4.29. The fraction of sp³-hybridized carbons (Fsp3) is 0.586. The van der Waals surface area contributed by atoms with Crippen molar-refractivity contribution in [2.75, 3.05) is 31.3 Å². The first-order chi connectivity index (χ1) is 20.7. The van der Waals surface area contributed by atoms with Gasteiger partial charge in [0.1, 0.15) is 29.8 Å². The summed E-state index contributed by atoms with van der Waals surface area (Å²) >= 11 is 0. The number of aliphatic hydroxyl groups is 3. The van der Waals surface area contributed by atoms with Crippen molar-refractivity contribution in [1.82, 2.24) is 14.5 Å². The Bertz CT molecular complexity index is 1370. The molecule has 2 aliphatic rings. The first-order valence-corrected chi connectivity index (χ1v) is 14.4. The van der Waals surface area contributed by atoms with E-state index in [-0.39, 0.29) is 35.9 Å². The van der Waals surface area contributed by atoms with E-state index >= 15 is 0 Å². The topological polar surface area (TPSA) is 211 Å². The molecule has 0 radical (unpaired) electrons. The monoisotopic (exact) mass is 654 g/mol. The van der Waals surface area contributed by atoms with Crippen LogP contribution in [0.25, 0.3) is 0 Å². The summed E-state index contributed by atoms with van der Waals surface area (Å²) in [5, 5.41) is 35.6. The normalized spacial score (nSPS) is 29.7. The highest BCUT2D eigenvalue weighted by Crippen LogP contribution is 2.32. The number of hydrogen-bond acceptors (Lipinski definition) is 12. The number of amides is 2. The Morgan fingerprint density at radius 2 is 1.76 bits per heavy atom. The second-order valence-corrected chi connectivity index (χ2v) is 11.8. The highest BCUT2D eigenvalue weighted by Gasteiger charge is 2.46. The Kier molecular flexibility index (Phi) is 12.2. The van der Waals surface area contributed by atoms with Crippen molar-refractivity contribution in [3.05, 3.63) is 52.6 Å². The number of rotatable bonds is 9. The maximum Gasteiger partial charge on any atom is 0.351 e. The van der Waals surface area contributed by atoms with Crippen LogP contribution in [-0.2, 0) is 19.0 Å². The number of nitrogens with two attached hydrogens (primary N) is 1. The van der Waals surface area contributed by atoms with Gasteiger partial charge in [-0.05, 0) is 78.0 Å². The summed E-state index contributed by atoms with van der Waals surface area (Å²) in [7, 11) is 3.61. The minimum Gasteiger partial charge on any atom is -0.394 e. The Labute approximate surface area is 267 Å². The van der Waals surface area contributed by atoms with Crippen LogP contribution >= 0.6 is 12.4 Å². The van der Waals surface area contributed by atoms with Crippen molar-refractivity contribution in [2.24, 2.45) is 5.73 Å². The quantitative estimate of drug-likeness (QED) is 0.212. The largest absolute Gasteiger partial charge is 0.394 e. The van der Waals surface area contributed by atoms with E-state index in [9.17, 15) is 29.7 Å². The average molecular weight is 655 g/mol. The number of aromatic nitrogens is 2. The molecule has 250 valence electrons. The van der Waals surface area contributed by atoms with Gasteiger partial charge >= 0.3 is 5.69 Å². The number of carbonyl (C=O) groups is 2. The van der Waals surface area contributed by atoms with E-state index < -0.39 is 66.6 Å².